The summed E-state index contributed by atoms with van der Waals surface area (Å²) < 4.78 is 5.11. The number of carboxylic acids is 1. The molecule has 0 radical (unpaired) electrons. The second kappa shape index (κ2) is 5.70. The molecule has 0 aromatic rings. The van der Waals surface area contributed by atoms with Crippen LogP contribution >= 0.6 is 11.8 Å². The Kier molecular flexibility index (Phi) is 4.25. The van der Waals surface area contributed by atoms with E-state index in [2.05, 4.69) is 5.32 Å². The van der Waals surface area contributed by atoms with E-state index in [9.17, 15) is 9.59 Å². The summed E-state index contributed by atoms with van der Waals surface area (Å²) in [5.41, 5.74) is 0. The number of amides is 1. The highest BCUT2D eigenvalue weighted by Crippen LogP contribution is 2.14. The number of nitrogens with one attached hydrogen (secondary N) is 1. The van der Waals surface area contributed by atoms with Crippen LogP contribution in [0.25, 0.3) is 0 Å². The van der Waals surface area contributed by atoms with Crippen LogP contribution in [0.4, 0.5) is 0 Å². The Labute approximate surface area is 104 Å². The highest BCUT2D eigenvalue weighted by molar-refractivity contribution is 7.99. The Morgan fingerprint density at radius 3 is 2.94 bits per heavy atom. The van der Waals surface area contributed by atoms with Gasteiger partial charge < -0.3 is 20.1 Å². The van der Waals surface area contributed by atoms with Crippen LogP contribution in [0.1, 0.15) is 0 Å². The zero-order valence-electron chi connectivity index (χ0n) is 9.42. The molecule has 1 amide bonds. The molecule has 6 nitrogen and oxygen atoms in total. The lowest BCUT2D eigenvalue weighted by molar-refractivity contribution is -0.159. The number of hydrogen-bond donors (Lipinski definition) is 2. The molecule has 0 spiro atoms. The second-order valence-electron chi connectivity index (χ2n) is 4.04. The number of hydrogen-bond acceptors (Lipinski definition) is 5. The fraction of sp³-hybridized carbons (Fsp3) is 0.800. The average molecular weight is 260 g/mol. The fourth-order valence-corrected chi connectivity index (χ4v) is 2.92. The molecule has 7 heteroatoms. The van der Waals surface area contributed by atoms with Crippen LogP contribution in [-0.4, -0.2) is 71.8 Å². The van der Waals surface area contributed by atoms with Crippen molar-refractivity contribution in [3.8, 4) is 0 Å². The molecule has 2 fully saturated rings. The van der Waals surface area contributed by atoms with Crippen molar-refractivity contribution in [3.63, 3.8) is 0 Å². The Hall–Kier alpha value is -0.790. The third-order valence-electron chi connectivity index (χ3n) is 2.92. The van der Waals surface area contributed by atoms with Crippen LogP contribution in [0.15, 0.2) is 0 Å². The Morgan fingerprint density at radius 2 is 2.29 bits per heavy atom. The molecule has 0 aromatic carbocycles. The highest BCUT2D eigenvalue weighted by Gasteiger charge is 2.36. The van der Waals surface area contributed by atoms with Crippen LogP contribution in [0.2, 0.25) is 0 Å². The number of nitrogens with zero attached hydrogens (tertiary/aromatic N) is 1. The largest absolute Gasteiger partial charge is 0.480 e. The summed E-state index contributed by atoms with van der Waals surface area (Å²) >= 11 is 1.72. The Balaban J connectivity index is 2.02. The zero-order valence-corrected chi connectivity index (χ0v) is 10.2. The van der Waals surface area contributed by atoms with Gasteiger partial charge >= 0.3 is 5.97 Å². The molecule has 0 saturated carbocycles. The second-order valence-corrected chi connectivity index (χ2v) is 5.19. The third-order valence-corrected chi connectivity index (χ3v) is 3.98. The van der Waals surface area contributed by atoms with Gasteiger partial charge in [0.05, 0.1) is 19.3 Å². The molecule has 96 valence electrons. The van der Waals surface area contributed by atoms with Crippen molar-refractivity contribution in [3.05, 3.63) is 0 Å². The molecule has 2 atom stereocenters. The maximum Gasteiger partial charge on any atom is 0.328 e. The van der Waals surface area contributed by atoms with E-state index in [1.54, 1.807) is 11.8 Å². The van der Waals surface area contributed by atoms with E-state index < -0.39 is 12.0 Å². The Morgan fingerprint density at radius 1 is 1.47 bits per heavy atom. The molecule has 0 aromatic heterocycles. The van der Waals surface area contributed by atoms with E-state index in [1.165, 1.54) is 4.90 Å². The molecule has 2 aliphatic heterocycles. The van der Waals surface area contributed by atoms with Crippen LogP contribution in [-0.2, 0) is 14.3 Å². The SMILES string of the molecule is O=C(O)C1COCCN1C(=O)C1CSCCN1. The number of morpholine rings is 1. The minimum Gasteiger partial charge on any atom is -0.480 e. The molecule has 17 heavy (non-hydrogen) atoms. The summed E-state index contributed by atoms with van der Waals surface area (Å²) in [7, 11) is 0. The lowest BCUT2D eigenvalue weighted by Gasteiger charge is -2.36. The van der Waals surface area contributed by atoms with Crippen molar-refractivity contribution in [1.82, 2.24) is 10.2 Å². The van der Waals surface area contributed by atoms with Gasteiger partial charge in [-0.25, -0.2) is 4.79 Å². The summed E-state index contributed by atoms with van der Waals surface area (Å²) in [4.78, 5) is 24.7. The van der Waals surface area contributed by atoms with Crippen LogP contribution in [0, 0.1) is 0 Å². The van der Waals surface area contributed by atoms with Crippen LogP contribution < -0.4 is 5.32 Å². The summed E-state index contributed by atoms with van der Waals surface area (Å²) in [5.74, 6) is 0.590. The molecule has 2 rings (SSSR count). The van der Waals surface area contributed by atoms with Crippen molar-refractivity contribution in [2.75, 3.05) is 37.8 Å². The molecule has 2 unspecified atom stereocenters. The van der Waals surface area contributed by atoms with Gasteiger partial charge in [0.15, 0.2) is 6.04 Å². The number of carbonyl (C=O) groups is 2. The minimum absolute atomic E-state index is 0.0843. The van der Waals surface area contributed by atoms with Crippen LogP contribution in [0.5, 0.6) is 0 Å². The number of ether oxygens (including phenoxy) is 1. The highest BCUT2D eigenvalue weighted by atomic mass is 32.2. The minimum atomic E-state index is -0.999. The molecule has 0 aliphatic carbocycles. The van der Waals surface area contributed by atoms with Crippen molar-refractivity contribution in [2.45, 2.75) is 12.1 Å². The molecule has 2 saturated heterocycles. The lowest BCUT2D eigenvalue weighted by Crippen LogP contribution is -2.59. The van der Waals surface area contributed by atoms with Gasteiger partial charge in [-0.3, -0.25) is 4.79 Å². The van der Waals surface area contributed by atoms with E-state index >= 15 is 0 Å². The van der Waals surface area contributed by atoms with Gasteiger partial charge in [-0.15, -0.1) is 0 Å². The summed E-state index contributed by atoms with van der Waals surface area (Å²) in [6.45, 7) is 1.65. The lowest BCUT2D eigenvalue weighted by atomic mass is 10.2. The van der Waals surface area contributed by atoms with Crippen molar-refractivity contribution in [2.24, 2.45) is 0 Å². The summed E-state index contributed by atoms with van der Waals surface area (Å²) in [6, 6.07) is -1.10. The zero-order chi connectivity index (χ0) is 12.3. The topological polar surface area (TPSA) is 78.9 Å². The molecular weight excluding hydrogens is 244 g/mol. The number of carboxylic acid groups (broad SMARTS) is 1. The van der Waals surface area contributed by atoms with Gasteiger partial charge in [0.1, 0.15) is 0 Å². The van der Waals surface area contributed by atoms with Gasteiger partial charge in [-0.05, 0) is 0 Å². The first-order chi connectivity index (χ1) is 8.20. The van der Waals surface area contributed by atoms with Gasteiger partial charge in [-0.2, -0.15) is 11.8 Å². The molecule has 0 bridgehead atoms. The summed E-state index contributed by atoms with van der Waals surface area (Å²) in [6.07, 6.45) is 0. The number of rotatable bonds is 2. The standard InChI is InChI=1S/C10H16N2O4S/c13-9(7-6-17-4-1-11-7)12-2-3-16-5-8(12)10(14)15/h7-8,11H,1-6H2,(H,14,15). The molecule has 2 N–H and O–H groups in total. The van der Waals surface area contributed by atoms with E-state index in [1.807, 2.05) is 0 Å². The Bertz CT molecular complexity index is 307. The van der Waals surface area contributed by atoms with E-state index in [0.717, 1.165) is 12.3 Å². The van der Waals surface area contributed by atoms with E-state index in [0.29, 0.717) is 18.9 Å². The number of thioether (sulfide) groups is 1. The summed E-state index contributed by atoms with van der Waals surface area (Å²) in [5, 5.41) is 12.2. The van der Waals surface area contributed by atoms with Crippen molar-refractivity contribution in [1.29, 1.82) is 0 Å². The van der Waals surface area contributed by atoms with Gasteiger partial charge in [0.25, 0.3) is 0 Å². The van der Waals surface area contributed by atoms with Gasteiger partial charge in [-0.1, -0.05) is 0 Å². The predicted octanol–water partition coefficient (Wildman–Crippen LogP) is -0.997. The fourth-order valence-electron chi connectivity index (χ4n) is 2.00. The maximum atomic E-state index is 12.2. The van der Waals surface area contributed by atoms with Crippen molar-refractivity contribution < 1.29 is 19.4 Å². The first kappa shape index (κ1) is 12.7. The molecule has 2 heterocycles. The average Bonchev–Trinajstić information content (AvgIpc) is 2.39. The van der Waals surface area contributed by atoms with Gasteiger partial charge in [0, 0.05) is 24.6 Å². The number of aliphatic carboxylic acids is 1. The first-order valence-electron chi connectivity index (χ1n) is 5.62. The normalized spacial score (nSPS) is 30.0. The predicted molar refractivity (Wildman–Crippen MR) is 63.1 cm³/mol. The van der Waals surface area contributed by atoms with E-state index in [4.69, 9.17) is 9.84 Å². The first-order valence-corrected chi connectivity index (χ1v) is 6.78. The van der Waals surface area contributed by atoms with Gasteiger partial charge in [0.2, 0.25) is 5.91 Å². The smallest absolute Gasteiger partial charge is 0.328 e. The molecule has 2 aliphatic rings. The monoisotopic (exact) mass is 260 g/mol. The van der Waals surface area contributed by atoms with E-state index in [-0.39, 0.29) is 18.6 Å². The molecular formula is C10H16N2O4S. The third kappa shape index (κ3) is 2.91. The number of carbonyl (C=O) groups excluding carboxylic acids is 1. The van der Waals surface area contributed by atoms with Crippen molar-refractivity contribution >= 4 is 23.6 Å². The maximum absolute atomic E-state index is 12.2. The quantitative estimate of drug-likeness (QED) is 0.663. The van der Waals surface area contributed by atoms with Crippen LogP contribution in [0.3, 0.4) is 0 Å².